The zero-order valence-corrected chi connectivity index (χ0v) is 11.5. The molecule has 0 aromatic heterocycles. The van der Waals surface area contributed by atoms with E-state index in [1.54, 1.807) is 11.8 Å². The highest BCUT2D eigenvalue weighted by molar-refractivity contribution is 7.99. The van der Waals surface area contributed by atoms with Crippen molar-refractivity contribution in [2.75, 3.05) is 11.5 Å². The maximum atomic E-state index is 14.1. The van der Waals surface area contributed by atoms with E-state index in [0.717, 1.165) is 5.75 Å². The van der Waals surface area contributed by atoms with E-state index in [9.17, 15) is 9.18 Å². The van der Waals surface area contributed by atoms with Gasteiger partial charge in [-0.25, -0.2) is 4.39 Å². The smallest absolute Gasteiger partial charge is 0.248 e. The number of hydrogen-bond acceptors (Lipinski definition) is 4. The summed E-state index contributed by atoms with van der Waals surface area (Å²) in [6.45, 7) is 1.83. The van der Waals surface area contributed by atoms with Crippen molar-refractivity contribution in [3.8, 4) is 0 Å². The van der Waals surface area contributed by atoms with Crippen LogP contribution in [0, 0.1) is 5.82 Å². The molecule has 1 atom stereocenters. The Labute approximate surface area is 115 Å². The van der Waals surface area contributed by atoms with Crippen LogP contribution in [0.25, 0.3) is 0 Å². The Balaban J connectivity index is 2.52. The molecule has 0 unspecified atom stereocenters. The molecule has 0 saturated heterocycles. The van der Waals surface area contributed by atoms with Crippen molar-refractivity contribution in [1.82, 2.24) is 0 Å². The van der Waals surface area contributed by atoms with Crippen LogP contribution in [0.5, 0.6) is 0 Å². The van der Waals surface area contributed by atoms with Gasteiger partial charge in [-0.15, -0.1) is 0 Å². The summed E-state index contributed by atoms with van der Waals surface area (Å²) < 4.78 is 14.1. The van der Waals surface area contributed by atoms with Crippen molar-refractivity contribution in [2.24, 2.45) is 16.5 Å². The van der Waals surface area contributed by atoms with Gasteiger partial charge in [0.25, 0.3) is 0 Å². The highest BCUT2D eigenvalue weighted by atomic mass is 32.2. The van der Waals surface area contributed by atoms with Crippen molar-refractivity contribution in [2.45, 2.75) is 18.9 Å². The van der Waals surface area contributed by atoms with E-state index < -0.39 is 17.3 Å². The number of thioether (sulfide) groups is 1. The Bertz CT molecular complexity index is 547. The summed E-state index contributed by atoms with van der Waals surface area (Å²) in [5.41, 5.74) is 11.0. The van der Waals surface area contributed by atoms with Crippen LogP contribution >= 0.6 is 11.8 Å². The van der Waals surface area contributed by atoms with E-state index in [2.05, 4.69) is 4.99 Å². The Hall–Kier alpha value is -1.56. The zero-order valence-electron chi connectivity index (χ0n) is 10.6. The van der Waals surface area contributed by atoms with Gasteiger partial charge in [-0.3, -0.25) is 9.79 Å². The van der Waals surface area contributed by atoms with E-state index in [1.807, 2.05) is 6.92 Å². The number of carbonyl (C=O) groups excluding carboxylic acids is 1. The van der Waals surface area contributed by atoms with Crippen molar-refractivity contribution in [1.29, 1.82) is 0 Å². The molecule has 0 bridgehead atoms. The maximum Gasteiger partial charge on any atom is 0.248 e. The number of halogens is 1. The largest absolute Gasteiger partial charge is 0.387 e. The Morgan fingerprint density at radius 2 is 2.26 bits per heavy atom. The lowest BCUT2D eigenvalue weighted by Crippen LogP contribution is -2.26. The first-order valence-electron chi connectivity index (χ1n) is 5.94. The zero-order chi connectivity index (χ0) is 14.0. The third kappa shape index (κ3) is 2.89. The minimum atomic E-state index is -0.747. The second-order valence-electron chi connectivity index (χ2n) is 4.74. The highest BCUT2D eigenvalue weighted by Gasteiger charge is 2.31. The third-order valence-electron chi connectivity index (χ3n) is 3.20. The minimum Gasteiger partial charge on any atom is -0.387 e. The molecule has 4 N–H and O–H groups in total. The summed E-state index contributed by atoms with van der Waals surface area (Å²) in [7, 11) is 0. The number of aliphatic imine (C=N–C) groups is 1. The number of amidine groups is 1. The van der Waals surface area contributed by atoms with Crippen LogP contribution in [-0.4, -0.2) is 23.2 Å². The van der Waals surface area contributed by atoms with Crippen molar-refractivity contribution in [3.05, 3.63) is 35.1 Å². The van der Waals surface area contributed by atoms with E-state index in [-0.39, 0.29) is 5.56 Å². The predicted octanol–water partition coefficient (Wildman–Crippen LogP) is 1.63. The molecule has 1 aromatic carbocycles. The van der Waals surface area contributed by atoms with Crippen LogP contribution in [-0.2, 0) is 5.54 Å². The minimum absolute atomic E-state index is 0.281. The molecule has 2 rings (SSSR count). The molecule has 0 saturated carbocycles. The SMILES string of the molecule is C[C@]1(c2cc(C(N)=O)ccc2F)CCSCC(N)=N1. The molecule has 0 aliphatic carbocycles. The van der Waals surface area contributed by atoms with E-state index >= 15 is 0 Å². The van der Waals surface area contributed by atoms with Gasteiger partial charge in [0, 0.05) is 11.1 Å². The van der Waals surface area contributed by atoms with E-state index in [0.29, 0.717) is 23.6 Å². The van der Waals surface area contributed by atoms with Crippen LogP contribution in [0.2, 0.25) is 0 Å². The van der Waals surface area contributed by atoms with Gasteiger partial charge >= 0.3 is 0 Å². The monoisotopic (exact) mass is 281 g/mol. The molecule has 1 aromatic rings. The Morgan fingerprint density at radius 3 is 2.95 bits per heavy atom. The lowest BCUT2D eigenvalue weighted by molar-refractivity contribution is 0.1000. The fourth-order valence-corrected chi connectivity index (χ4v) is 3.10. The average Bonchev–Trinajstić information content (AvgIpc) is 2.51. The number of benzene rings is 1. The summed E-state index contributed by atoms with van der Waals surface area (Å²) in [6, 6.07) is 4.11. The van der Waals surface area contributed by atoms with Crippen LogP contribution in [0.15, 0.2) is 23.2 Å². The lowest BCUT2D eigenvalue weighted by Gasteiger charge is -2.25. The van der Waals surface area contributed by atoms with Gasteiger partial charge in [-0.1, -0.05) is 0 Å². The van der Waals surface area contributed by atoms with Crippen molar-refractivity contribution in [3.63, 3.8) is 0 Å². The number of primary amides is 1. The van der Waals surface area contributed by atoms with Gasteiger partial charge in [0.15, 0.2) is 0 Å². The van der Waals surface area contributed by atoms with Crippen LogP contribution in [0.4, 0.5) is 4.39 Å². The van der Waals surface area contributed by atoms with Gasteiger partial charge in [0.2, 0.25) is 5.91 Å². The molecule has 0 radical (unpaired) electrons. The fraction of sp³-hybridized carbons (Fsp3) is 0.385. The molecule has 102 valence electrons. The normalized spacial score (nSPS) is 23.6. The van der Waals surface area contributed by atoms with Crippen molar-refractivity contribution >= 4 is 23.5 Å². The lowest BCUT2D eigenvalue weighted by atomic mass is 9.88. The molecule has 0 spiro atoms. The summed E-state index contributed by atoms with van der Waals surface area (Å²) in [5.74, 6) is 1.00. The maximum absolute atomic E-state index is 14.1. The molecule has 1 aliphatic rings. The first-order valence-corrected chi connectivity index (χ1v) is 7.09. The molecule has 6 heteroatoms. The summed E-state index contributed by atoms with van der Waals surface area (Å²) >= 11 is 1.67. The standard InChI is InChI=1S/C13H16FN3OS/c1-13(4-5-19-7-11(15)17-13)9-6-8(12(16)18)2-3-10(9)14/h2-3,6H,4-5,7H2,1H3,(H2,15,17)(H2,16,18)/t13-/m1/s1. The van der Waals surface area contributed by atoms with Gasteiger partial charge < -0.3 is 11.5 Å². The molecule has 0 fully saturated rings. The summed E-state index contributed by atoms with van der Waals surface area (Å²) in [4.78, 5) is 15.6. The Kier molecular flexibility index (Phi) is 3.80. The molecule has 1 aliphatic heterocycles. The third-order valence-corrected chi connectivity index (χ3v) is 4.20. The van der Waals surface area contributed by atoms with Gasteiger partial charge in [-0.2, -0.15) is 11.8 Å². The van der Waals surface area contributed by atoms with Crippen LogP contribution < -0.4 is 11.5 Å². The van der Waals surface area contributed by atoms with Crippen molar-refractivity contribution < 1.29 is 9.18 Å². The molecule has 1 heterocycles. The van der Waals surface area contributed by atoms with Gasteiger partial charge in [0.1, 0.15) is 11.7 Å². The molecule has 4 nitrogen and oxygen atoms in total. The second-order valence-corrected chi connectivity index (χ2v) is 5.84. The van der Waals surface area contributed by atoms with E-state index in [1.165, 1.54) is 18.2 Å². The van der Waals surface area contributed by atoms with E-state index in [4.69, 9.17) is 11.5 Å². The van der Waals surface area contributed by atoms with Gasteiger partial charge in [0.05, 0.1) is 11.3 Å². The topological polar surface area (TPSA) is 81.5 Å². The number of nitrogens with two attached hydrogens (primary N) is 2. The van der Waals surface area contributed by atoms with Crippen LogP contribution in [0.3, 0.4) is 0 Å². The summed E-state index contributed by atoms with van der Waals surface area (Å²) in [5, 5.41) is 0. The number of carbonyl (C=O) groups is 1. The number of rotatable bonds is 2. The first-order chi connectivity index (χ1) is 8.92. The number of amides is 1. The van der Waals surface area contributed by atoms with Crippen LogP contribution in [0.1, 0.15) is 29.3 Å². The number of hydrogen-bond donors (Lipinski definition) is 2. The average molecular weight is 281 g/mol. The molecule has 19 heavy (non-hydrogen) atoms. The number of nitrogens with zero attached hydrogens (tertiary/aromatic N) is 1. The highest BCUT2D eigenvalue weighted by Crippen LogP contribution is 2.35. The van der Waals surface area contributed by atoms with Gasteiger partial charge in [-0.05, 0) is 37.3 Å². The second kappa shape index (κ2) is 5.21. The molecular weight excluding hydrogens is 265 g/mol. The quantitative estimate of drug-likeness (QED) is 0.864. The Morgan fingerprint density at radius 1 is 1.53 bits per heavy atom. The predicted molar refractivity (Wildman–Crippen MR) is 75.8 cm³/mol. The molecule has 1 amide bonds. The first kappa shape index (κ1) is 13.9. The summed E-state index contributed by atoms with van der Waals surface area (Å²) in [6.07, 6.45) is 0.664. The molecular formula is C13H16FN3OS. The fourth-order valence-electron chi connectivity index (χ4n) is 2.14.